The molecule has 6 heteroatoms. The zero-order valence-electron chi connectivity index (χ0n) is 13.8. The first kappa shape index (κ1) is 16.9. The minimum atomic E-state index is -0.107. The molecule has 0 saturated carbocycles. The molecular formula is C17H23N3O3. The van der Waals surface area contributed by atoms with E-state index in [9.17, 15) is 9.59 Å². The highest BCUT2D eigenvalue weighted by molar-refractivity contribution is 5.99. The highest BCUT2D eigenvalue weighted by Crippen LogP contribution is 2.24. The number of aromatic nitrogens is 1. The number of carbonyl (C=O) groups excluding carboxylic acids is 2. The van der Waals surface area contributed by atoms with Crippen LogP contribution in [0.2, 0.25) is 0 Å². The number of fused-ring (bicyclic) bond motifs is 1. The Bertz CT molecular complexity index is 706. The second-order valence-corrected chi connectivity index (χ2v) is 5.34. The van der Waals surface area contributed by atoms with E-state index in [4.69, 9.17) is 4.74 Å². The fraction of sp³-hybridized carbons (Fsp3) is 0.412. The van der Waals surface area contributed by atoms with Crippen LogP contribution in [0.25, 0.3) is 10.9 Å². The molecule has 0 saturated heterocycles. The number of hydrogen-bond donors (Lipinski definition) is 2. The van der Waals surface area contributed by atoms with Crippen LogP contribution in [0.15, 0.2) is 24.3 Å². The molecule has 0 spiro atoms. The van der Waals surface area contributed by atoms with Gasteiger partial charge in [0.2, 0.25) is 5.91 Å². The van der Waals surface area contributed by atoms with Crippen LogP contribution in [-0.2, 0) is 11.3 Å². The molecule has 0 aliphatic heterocycles. The van der Waals surface area contributed by atoms with Crippen LogP contribution >= 0.6 is 0 Å². The first-order valence-corrected chi connectivity index (χ1v) is 7.76. The van der Waals surface area contributed by atoms with Crippen molar-refractivity contribution in [2.24, 2.45) is 0 Å². The van der Waals surface area contributed by atoms with Crippen molar-refractivity contribution in [3.8, 4) is 5.75 Å². The minimum Gasteiger partial charge on any atom is -0.497 e. The van der Waals surface area contributed by atoms with Gasteiger partial charge < -0.3 is 19.9 Å². The fourth-order valence-electron chi connectivity index (χ4n) is 2.46. The van der Waals surface area contributed by atoms with E-state index in [0.717, 1.165) is 23.1 Å². The quantitative estimate of drug-likeness (QED) is 0.819. The van der Waals surface area contributed by atoms with Gasteiger partial charge in [0.25, 0.3) is 5.91 Å². The Kier molecular flexibility index (Phi) is 5.62. The summed E-state index contributed by atoms with van der Waals surface area (Å²) in [6.07, 6.45) is 0.881. The first-order chi connectivity index (χ1) is 11.1. The van der Waals surface area contributed by atoms with Gasteiger partial charge in [0.15, 0.2) is 0 Å². The third-order valence-electron chi connectivity index (χ3n) is 3.59. The number of ether oxygens (including phenoxy) is 1. The van der Waals surface area contributed by atoms with Crippen LogP contribution in [0.5, 0.6) is 5.75 Å². The topological polar surface area (TPSA) is 72.4 Å². The van der Waals surface area contributed by atoms with Gasteiger partial charge in [-0.1, -0.05) is 6.92 Å². The molecule has 1 heterocycles. The predicted molar refractivity (Wildman–Crippen MR) is 89.8 cm³/mol. The van der Waals surface area contributed by atoms with E-state index >= 15 is 0 Å². The fourth-order valence-corrected chi connectivity index (χ4v) is 2.46. The van der Waals surface area contributed by atoms with Gasteiger partial charge in [-0.2, -0.15) is 0 Å². The molecule has 23 heavy (non-hydrogen) atoms. The summed E-state index contributed by atoms with van der Waals surface area (Å²) in [6, 6.07) is 7.57. The Morgan fingerprint density at radius 2 is 1.96 bits per heavy atom. The van der Waals surface area contributed by atoms with Crippen LogP contribution in [-0.4, -0.2) is 36.6 Å². The zero-order chi connectivity index (χ0) is 16.8. The van der Waals surface area contributed by atoms with Crippen LogP contribution in [0.4, 0.5) is 0 Å². The van der Waals surface area contributed by atoms with Gasteiger partial charge in [0.05, 0.1) is 12.6 Å². The lowest BCUT2D eigenvalue weighted by atomic mass is 10.2. The second kappa shape index (κ2) is 7.67. The minimum absolute atomic E-state index is 0.0870. The van der Waals surface area contributed by atoms with Gasteiger partial charge in [-0.3, -0.25) is 9.59 Å². The van der Waals surface area contributed by atoms with Crippen molar-refractivity contribution in [3.63, 3.8) is 0 Å². The highest BCUT2D eigenvalue weighted by Gasteiger charge is 2.15. The summed E-state index contributed by atoms with van der Waals surface area (Å²) in [4.78, 5) is 23.5. The maximum Gasteiger partial charge on any atom is 0.267 e. The lowest BCUT2D eigenvalue weighted by Gasteiger charge is -2.11. The molecular weight excluding hydrogens is 294 g/mol. The third kappa shape index (κ3) is 4.03. The average Bonchev–Trinajstić information content (AvgIpc) is 2.90. The van der Waals surface area contributed by atoms with Crippen molar-refractivity contribution in [3.05, 3.63) is 30.0 Å². The monoisotopic (exact) mass is 317 g/mol. The van der Waals surface area contributed by atoms with Crippen LogP contribution in [0.3, 0.4) is 0 Å². The molecule has 0 unspecified atom stereocenters. The van der Waals surface area contributed by atoms with E-state index in [-0.39, 0.29) is 11.8 Å². The lowest BCUT2D eigenvalue weighted by molar-refractivity contribution is -0.118. The van der Waals surface area contributed by atoms with E-state index in [1.807, 2.05) is 35.8 Å². The van der Waals surface area contributed by atoms with E-state index < -0.39 is 0 Å². The molecule has 6 nitrogen and oxygen atoms in total. The lowest BCUT2D eigenvalue weighted by Crippen LogP contribution is -2.29. The van der Waals surface area contributed by atoms with E-state index in [2.05, 4.69) is 10.6 Å². The number of benzene rings is 1. The van der Waals surface area contributed by atoms with Gasteiger partial charge in [-0.05, 0) is 24.6 Å². The number of nitrogens with one attached hydrogen (secondary N) is 2. The molecule has 2 aromatic rings. The number of nitrogens with zero attached hydrogens (tertiary/aromatic N) is 1. The Balaban J connectivity index is 2.38. The Labute approximate surface area is 135 Å². The van der Waals surface area contributed by atoms with Crippen molar-refractivity contribution < 1.29 is 14.3 Å². The Hall–Kier alpha value is -2.50. The molecule has 0 atom stereocenters. The molecule has 1 aromatic carbocycles. The van der Waals surface area contributed by atoms with Gasteiger partial charge in [0, 0.05) is 38.0 Å². The third-order valence-corrected chi connectivity index (χ3v) is 3.59. The summed E-state index contributed by atoms with van der Waals surface area (Å²) in [5.74, 6) is 0.540. The SMILES string of the molecule is CCCNC(=O)c1cc2ccc(OC)cc2n1CCNC(C)=O. The number of hydrogen-bond acceptors (Lipinski definition) is 3. The summed E-state index contributed by atoms with van der Waals surface area (Å²) in [7, 11) is 1.61. The Morgan fingerprint density at radius 1 is 1.17 bits per heavy atom. The first-order valence-electron chi connectivity index (χ1n) is 7.76. The van der Waals surface area contributed by atoms with Crippen molar-refractivity contribution in [2.45, 2.75) is 26.8 Å². The molecule has 0 aliphatic rings. The number of rotatable bonds is 7. The molecule has 0 fully saturated rings. The number of amides is 2. The molecule has 0 radical (unpaired) electrons. The molecule has 2 rings (SSSR count). The van der Waals surface area contributed by atoms with Gasteiger partial charge in [0.1, 0.15) is 11.4 Å². The number of methoxy groups -OCH3 is 1. The smallest absolute Gasteiger partial charge is 0.267 e. The number of carbonyl (C=O) groups is 2. The summed E-state index contributed by atoms with van der Waals surface area (Å²) in [5, 5.41) is 6.63. The standard InChI is InChI=1S/C17H23N3O3/c1-4-7-19-17(22)16-10-13-5-6-14(23-3)11-15(13)20(16)9-8-18-12(2)21/h5-6,10-11H,4,7-9H2,1-3H3,(H,18,21)(H,19,22). The summed E-state index contributed by atoms with van der Waals surface area (Å²) < 4.78 is 7.19. The zero-order valence-corrected chi connectivity index (χ0v) is 13.8. The van der Waals surface area contributed by atoms with Crippen LogP contribution < -0.4 is 15.4 Å². The largest absolute Gasteiger partial charge is 0.497 e. The summed E-state index contributed by atoms with van der Waals surface area (Å²) in [6.45, 7) is 5.11. The van der Waals surface area contributed by atoms with E-state index in [1.54, 1.807) is 7.11 Å². The molecule has 2 amide bonds. The maximum absolute atomic E-state index is 12.4. The molecule has 124 valence electrons. The Morgan fingerprint density at radius 3 is 2.61 bits per heavy atom. The van der Waals surface area contributed by atoms with Crippen LogP contribution in [0.1, 0.15) is 30.8 Å². The van der Waals surface area contributed by atoms with Crippen LogP contribution in [0, 0.1) is 0 Å². The normalized spacial score (nSPS) is 10.6. The summed E-state index contributed by atoms with van der Waals surface area (Å²) in [5.41, 5.74) is 1.50. The molecule has 2 N–H and O–H groups in total. The van der Waals surface area contributed by atoms with Crippen molar-refractivity contribution in [1.29, 1.82) is 0 Å². The average molecular weight is 317 g/mol. The maximum atomic E-state index is 12.4. The van der Waals surface area contributed by atoms with Gasteiger partial charge in [-0.25, -0.2) is 0 Å². The van der Waals surface area contributed by atoms with Crippen molar-refractivity contribution in [1.82, 2.24) is 15.2 Å². The van der Waals surface area contributed by atoms with E-state index in [0.29, 0.717) is 25.3 Å². The molecule has 1 aromatic heterocycles. The molecule has 0 aliphatic carbocycles. The van der Waals surface area contributed by atoms with Crippen molar-refractivity contribution >= 4 is 22.7 Å². The second-order valence-electron chi connectivity index (χ2n) is 5.34. The molecule has 0 bridgehead atoms. The van der Waals surface area contributed by atoms with Crippen molar-refractivity contribution in [2.75, 3.05) is 20.2 Å². The predicted octanol–water partition coefficient (Wildman–Crippen LogP) is 1.93. The van der Waals surface area contributed by atoms with Gasteiger partial charge >= 0.3 is 0 Å². The van der Waals surface area contributed by atoms with E-state index in [1.165, 1.54) is 6.92 Å². The van der Waals surface area contributed by atoms with Gasteiger partial charge in [-0.15, -0.1) is 0 Å². The highest BCUT2D eigenvalue weighted by atomic mass is 16.5. The summed E-state index contributed by atoms with van der Waals surface area (Å²) >= 11 is 0.